The van der Waals surface area contributed by atoms with Crippen LogP contribution in [0, 0.1) is 0 Å². The maximum atomic E-state index is 12.5. The van der Waals surface area contributed by atoms with Gasteiger partial charge in [-0.3, -0.25) is 4.79 Å². The smallest absolute Gasteiger partial charge is 0.337 e. The molecule has 1 amide bonds. The number of ether oxygens (including phenoxy) is 1. The summed E-state index contributed by atoms with van der Waals surface area (Å²) in [5.41, 5.74) is 3.93. The van der Waals surface area contributed by atoms with Crippen molar-refractivity contribution in [2.24, 2.45) is 7.05 Å². The number of aromatic nitrogens is 1. The van der Waals surface area contributed by atoms with Crippen molar-refractivity contribution in [3.63, 3.8) is 0 Å². The SMILES string of the molecule is COC(=O)c1ccc(-c2ccc(C(=O)NCc3ccccc3)n2C)cc1. The van der Waals surface area contributed by atoms with Crippen LogP contribution in [0.15, 0.2) is 66.7 Å². The average molecular weight is 348 g/mol. The van der Waals surface area contributed by atoms with E-state index in [9.17, 15) is 9.59 Å². The summed E-state index contributed by atoms with van der Waals surface area (Å²) in [5, 5.41) is 2.93. The van der Waals surface area contributed by atoms with E-state index in [1.165, 1.54) is 7.11 Å². The highest BCUT2D eigenvalue weighted by Gasteiger charge is 2.14. The minimum absolute atomic E-state index is 0.131. The number of carbonyl (C=O) groups is 2. The number of nitrogens with one attached hydrogen (secondary N) is 1. The lowest BCUT2D eigenvalue weighted by Gasteiger charge is -2.09. The van der Waals surface area contributed by atoms with Crippen LogP contribution >= 0.6 is 0 Å². The third-order valence-corrected chi connectivity index (χ3v) is 4.25. The summed E-state index contributed by atoms with van der Waals surface area (Å²) in [6, 6.07) is 20.6. The van der Waals surface area contributed by atoms with Gasteiger partial charge in [-0.2, -0.15) is 0 Å². The van der Waals surface area contributed by atoms with Crippen LogP contribution in [0.1, 0.15) is 26.4 Å². The Balaban J connectivity index is 1.75. The highest BCUT2D eigenvalue weighted by molar-refractivity contribution is 5.94. The molecule has 26 heavy (non-hydrogen) atoms. The van der Waals surface area contributed by atoms with Crippen LogP contribution in [0.3, 0.4) is 0 Å². The van der Waals surface area contributed by atoms with E-state index in [4.69, 9.17) is 4.74 Å². The molecule has 0 aliphatic rings. The first-order valence-electron chi connectivity index (χ1n) is 8.26. The molecule has 0 saturated heterocycles. The summed E-state index contributed by atoms with van der Waals surface area (Å²) in [6.45, 7) is 0.480. The van der Waals surface area contributed by atoms with E-state index in [0.717, 1.165) is 16.8 Å². The molecule has 0 saturated carbocycles. The molecule has 0 atom stereocenters. The normalized spacial score (nSPS) is 10.4. The summed E-state index contributed by atoms with van der Waals surface area (Å²) in [7, 11) is 3.20. The number of nitrogens with zero attached hydrogens (tertiary/aromatic N) is 1. The van der Waals surface area contributed by atoms with E-state index < -0.39 is 0 Å². The van der Waals surface area contributed by atoms with Crippen molar-refractivity contribution in [3.8, 4) is 11.3 Å². The van der Waals surface area contributed by atoms with Crippen LogP contribution in [-0.2, 0) is 18.3 Å². The Bertz CT molecular complexity index is 912. The van der Waals surface area contributed by atoms with Crippen molar-refractivity contribution in [1.29, 1.82) is 0 Å². The molecule has 0 bridgehead atoms. The van der Waals surface area contributed by atoms with Gasteiger partial charge in [0.05, 0.1) is 12.7 Å². The van der Waals surface area contributed by atoms with Crippen molar-refractivity contribution < 1.29 is 14.3 Å². The number of esters is 1. The first-order valence-corrected chi connectivity index (χ1v) is 8.26. The molecule has 3 rings (SSSR count). The van der Waals surface area contributed by atoms with Gasteiger partial charge in [0, 0.05) is 19.3 Å². The quantitative estimate of drug-likeness (QED) is 0.719. The molecule has 0 aliphatic heterocycles. The van der Waals surface area contributed by atoms with Crippen LogP contribution in [0.2, 0.25) is 0 Å². The summed E-state index contributed by atoms with van der Waals surface area (Å²) >= 11 is 0. The number of carbonyl (C=O) groups excluding carboxylic acids is 2. The largest absolute Gasteiger partial charge is 0.465 e. The molecular weight excluding hydrogens is 328 g/mol. The van der Waals surface area contributed by atoms with Crippen molar-refractivity contribution in [2.45, 2.75) is 6.54 Å². The fraction of sp³-hybridized carbons (Fsp3) is 0.143. The molecule has 0 unspecified atom stereocenters. The van der Waals surface area contributed by atoms with Gasteiger partial charge in [-0.05, 0) is 35.4 Å². The third-order valence-electron chi connectivity index (χ3n) is 4.25. The second-order valence-electron chi connectivity index (χ2n) is 5.90. The zero-order valence-corrected chi connectivity index (χ0v) is 14.7. The molecule has 0 fully saturated rings. The van der Waals surface area contributed by atoms with Gasteiger partial charge in [-0.15, -0.1) is 0 Å². The number of hydrogen-bond acceptors (Lipinski definition) is 3. The van der Waals surface area contributed by atoms with Crippen LogP contribution in [0.5, 0.6) is 0 Å². The summed E-state index contributed by atoms with van der Waals surface area (Å²) in [6.07, 6.45) is 0. The number of amides is 1. The molecule has 0 radical (unpaired) electrons. The van der Waals surface area contributed by atoms with E-state index >= 15 is 0 Å². The predicted octanol–water partition coefficient (Wildman–Crippen LogP) is 3.41. The van der Waals surface area contributed by atoms with Crippen LogP contribution in [0.25, 0.3) is 11.3 Å². The second kappa shape index (κ2) is 7.70. The minimum Gasteiger partial charge on any atom is -0.465 e. The first kappa shape index (κ1) is 17.5. The zero-order chi connectivity index (χ0) is 18.5. The van der Waals surface area contributed by atoms with Gasteiger partial charge < -0.3 is 14.6 Å². The highest BCUT2D eigenvalue weighted by Crippen LogP contribution is 2.22. The van der Waals surface area contributed by atoms with Gasteiger partial charge in [0.25, 0.3) is 5.91 Å². The molecule has 1 aromatic heterocycles. The molecule has 1 N–H and O–H groups in total. The van der Waals surface area contributed by atoms with Crippen molar-refractivity contribution in [3.05, 3.63) is 83.6 Å². The van der Waals surface area contributed by atoms with Crippen LogP contribution < -0.4 is 5.32 Å². The average Bonchev–Trinajstić information content (AvgIpc) is 3.08. The van der Waals surface area contributed by atoms with E-state index in [2.05, 4.69) is 5.32 Å². The van der Waals surface area contributed by atoms with Gasteiger partial charge >= 0.3 is 5.97 Å². The van der Waals surface area contributed by atoms with Gasteiger partial charge in [0.1, 0.15) is 5.69 Å². The fourth-order valence-corrected chi connectivity index (χ4v) is 2.79. The van der Waals surface area contributed by atoms with Gasteiger partial charge in [-0.25, -0.2) is 4.79 Å². The molecule has 3 aromatic rings. The molecule has 0 aliphatic carbocycles. The van der Waals surface area contributed by atoms with Crippen LogP contribution in [-0.4, -0.2) is 23.6 Å². The number of benzene rings is 2. The van der Waals surface area contributed by atoms with E-state index in [1.54, 1.807) is 18.2 Å². The summed E-state index contributed by atoms with van der Waals surface area (Å²) < 4.78 is 6.55. The van der Waals surface area contributed by atoms with Crippen LogP contribution in [0.4, 0.5) is 0 Å². The van der Waals surface area contributed by atoms with Gasteiger partial charge in [-0.1, -0.05) is 42.5 Å². The Kier molecular flexibility index (Phi) is 5.17. The number of hydrogen-bond donors (Lipinski definition) is 1. The molecule has 5 nitrogen and oxygen atoms in total. The Morgan fingerprint density at radius 2 is 1.65 bits per heavy atom. The van der Waals surface area contributed by atoms with E-state index in [0.29, 0.717) is 17.8 Å². The standard InChI is InChI=1S/C21H20N2O3/c1-23-18(16-8-10-17(11-9-16)21(25)26-2)12-13-19(23)20(24)22-14-15-6-4-3-5-7-15/h3-13H,14H2,1-2H3,(H,22,24). The van der Waals surface area contributed by atoms with Crippen molar-refractivity contribution >= 4 is 11.9 Å². The lowest BCUT2D eigenvalue weighted by Crippen LogP contribution is -2.24. The van der Waals surface area contributed by atoms with Crippen molar-refractivity contribution in [1.82, 2.24) is 9.88 Å². The number of methoxy groups -OCH3 is 1. The molecule has 5 heteroatoms. The Morgan fingerprint density at radius 1 is 0.962 bits per heavy atom. The zero-order valence-electron chi connectivity index (χ0n) is 14.7. The monoisotopic (exact) mass is 348 g/mol. The molecule has 1 heterocycles. The lowest BCUT2D eigenvalue weighted by molar-refractivity contribution is 0.0600. The topological polar surface area (TPSA) is 60.3 Å². The Hall–Kier alpha value is -3.34. The lowest BCUT2D eigenvalue weighted by atomic mass is 10.1. The van der Waals surface area contributed by atoms with E-state index in [1.807, 2.05) is 60.1 Å². The van der Waals surface area contributed by atoms with Crippen molar-refractivity contribution in [2.75, 3.05) is 7.11 Å². The summed E-state index contributed by atoms with van der Waals surface area (Å²) in [5.74, 6) is -0.502. The molecule has 0 spiro atoms. The maximum Gasteiger partial charge on any atom is 0.337 e. The predicted molar refractivity (Wildman–Crippen MR) is 99.8 cm³/mol. The Morgan fingerprint density at radius 3 is 2.31 bits per heavy atom. The number of rotatable bonds is 5. The molecule has 132 valence electrons. The Labute approximate surface area is 152 Å². The highest BCUT2D eigenvalue weighted by atomic mass is 16.5. The summed E-state index contributed by atoms with van der Waals surface area (Å²) in [4.78, 5) is 24.0. The minimum atomic E-state index is -0.371. The van der Waals surface area contributed by atoms with E-state index in [-0.39, 0.29) is 11.9 Å². The molecule has 2 aromatic carbocycles. The van der Waals surface area contributed by atoms with Gasteiger partial charge in [0.15, 0.2) is 0 Å². The second-order valence-corrected chi connectivity index (χ2v) is 5.90. The first-order chi connectivity index (χ1) is 12.6. The third kappa shape index (κ3) is 3.67. The fourth-order valence-electron chi connectivity index (χ4n) is 2.79. The maximum absolute atomic E-state index is 12.5. The van der Waals surface area contributed by atoms with Gasteiger partial charge in [0.2, 0.25) is 0 Å². The molecular formula is C21H20N2O3.